The van der Waals surface area contributed by atoms with Crippen molar-refractivity contribution in [3.8, 4) is 0 Å². The zero-order chi connectivity index (χ0) is 34.2. The molecule has 0 unspecified atom stereocenters. The predicted octanol–water partition coefficient (Wildman–Crippen LogP) is 13.4. The van der Waals surface area contributed by atoms with Crippen LogP contribution in [-0.4, -0.2) is 9.55 Å². The lowest BCUT2D eigenvalue weighted by atomic mass is 9.95. The van der Waals surface area contributed by atoms with Crippen molar-refractivity contribution in [3.05, 3.63) is 182 Å². The van der Waals surface area contributed by atoms with Gasteiger partial charge in [0, 0.05) is 49.7 Å². The molecule has 0 bridgehead atoms. The van der Waals surface area contributed by atoms with E-state index in [1.807, 2.05) is 0 Å². The third-order valence-electron chi connectivity index (χ3n) is 10.9. The number of hydrogen-bond acceptors (Lipinski definition) is 2. The van der Waals surface area contributed by atoms with Gasteiger partial charge in [0.1, 0.15) is 0 Å². The highest BCUT2D eigenvalue weighted by molar-refractivity contribution is 6.26. The number of para-hydroxylation sites is 4. The number of H-pyrrole nitrogens is 1. The van der Waals surface area contributed by atoms with Gasteiger partial charge in [-0.05, 0) is 90.7 Å². The number of rotatable bonds is 4. The van der Waals surface area contributed by atoms with Gasteiger partial charge in [-0.1, -0.05) is 109 Å². The van der Waals surface area contributed by atoms with Crippen LogP contribution in [0.1, 0.15) is 18.4 Å². The van der Waals surface area contributed by atoms with Crippen LogP contribution in [0.25, 0.3) is 54.9 Å². The van der Waals surface area contributed by atoms with E-state index in [1.54, 1.807) is 0 Å². The first-order valence-electron chi connectivity index (χ1n) is 18.1. The lowest BCUT2D eigenvalue weighted by Gasteiger charge is -2.41. The smallest absolute Gasteiger partial charge is 0.0804 e. The first-order valence-corrected chi connectivity index (χ1v) is 18.1. The number of hydrogen-bond donors (Lipinski definition) is 1. The van der Waals surface area contributed by atoms with Crippen molar-refractivity contribution >= 4 is 89.0 Å². The number of aromatic nitrogens is 2. The minimum Gasteiger partial charge on any atom is -0.354 e. The summed E-state index contributed by atoms with van der Waals surface area (Å²) in [4.78, 5) is 8.73. The fourth-order valence-electron chi connectivity index (χ4n) is 8.70. The highest BCUT2D eigenvalue weighted by atomic mass is 15.3. The lowest BCUT2D eigenvalue weighted by molar-refractivity contribution is 0.992. The van der Waals surface area contributed by atoms with Gasteiger partial charge in [0.15, 0.2) is 0 Å². The summed E-state index contributed by atoms with van der Waals surface area (Å²) in [5.41, 5.74) is 15.6. The fraction of sp³-hybridized carbons (Fsp3) is 0.0417. The van der Waals surface area contributed by atoms with Crippen molar-refractivity contribution in [2.75, 3.05) is 9.80 Å². The normalized spacial score (nSPS) is 14.2. The highest BCUT2D eigenvalue weighted by Crippen LogP contribution is 2.60. The van der Waals surface area contributed by atoms with E-state index >= 15 is 0 Å². The molecule has 0 fully saturated rings. The monoisotopic (exact) mass is 666 g/mol. The van der Waals surface area contributed by atoms with Crippen molar-refractivity contribution in [3.63, 3.8) is 0 Å². The summed E-state index contributed by atoms with van der Waals surface area (Å²) in [6, 6.07) is 59.4. The molecule has 0 spiro atoms. The molecule has 246 valence electrons. The maximum absolute atomic E-state index is 3.73. The quantitative estimate of drug-likeness (QED) is 0.202. The standard InChI is InChI=1S/C48H34N4/c1-4-14-32(15-5-1)33-24-26-36(27-25-33)50-41-23-13-11-21-38(41)46-42(50)30-31-44-48(46)52(35-18-8-3-9-19-35)43-29-28-40-45(37-20-10-12-22-39(37)49-40)47(43)51(44)34-16-6-2-7-17-34/h1-24,26,28-31,49H,25,27H2. The minimum absolute atomic E-state index is 0.964. The van der Waals surface area contributed by atoms with Gasteiger partial charge in [-0.2, -0.15) is 0 Å². The Bertz CT molecular complexity index is 2890. The molecular weight excluding hydrogens is 633 g/mol. The van der Waals surface area contributed by atoms with Crippen molar-refractivity contribution < 1.29 is 0 Å². The second-order valence-corrected chi connectivity index (χ2v) is 13.8. The number of anilines is 6. The van der Waals surface area contributed by atoms with E-state index in [1.165, 1.54) is 60.8 Å². The molecule has 1 aliphatic heterocycles. The Morgan fingerprint density at radius 3 is 1.71 bits per heavy atom. The molecule has 3 heterocycles. The average molecular weight is 667 g/mol. The Labute approximate surface area is 301 Å². The second kappa shape index (κ2) is 11.4. The SMILES string of the molecule is C1=C(c2ccccc2)CCC(n2c3ccccc3c3c4c(ccc32)N(c2ccccc2)c2c(ccc3[nH]c5ccccc5c23)N4c2ccccc2)=C1. The van der Waals surface area contributed by atoms with Crippen LogP contribution in [0.15, 0.2) is 176 Å². The van der Waals surface area contributed by atoms with Crippen LogP contribution in [-0.2, 0) is 0 Å². The molecule has 0 saturated heterocycles. The van der Waals surface area contributed by atoms with Crippen molar-refractivity contribution in [1.29, 1.82) is 0 Å². The number of benzene rings is 7. The number of fused-ring (bicyclic) bond motifs is 10. The fourth-order valence-corrected chi connectivity index (χ4v) is 8.70. The van der Waals surface area contributed by atoms with E-state index in [9.17, 15) is 0 Å². The minimum atomic E-state index is 0.964. The van der Waals surface area contributed by atoms with Crippen LogP contribution in [0.4, 0.5) is 34.1 Å². The van der Waals surface area contributed by atoms with Gasteiger partial charge in [0.2, 0.25) is 0 Å². The number of nitrogens with zero attached hydrogens (tertiary/aromatic N) is 3. The van der Waals surface area contributed by atoms with Gasteiger partial charge in [0.05, 0.1) is 33.8 Å². The van der Waals surface area contributed by atoms with E-state index in [-0.39, 0.29) is 0 Å². The summed E-state index contributed by atoms with van der Waals surface area (Å²) in [5.74, 6) is 0. The van der Waals surface area contributed by atoms with Gasteiger partial charge in [-0.3, -0.25) is 0 Å². The summed E-state index contributed by atoms with van der Waals surface area (Å²) in [5, 5.41) is 4.94. The molecule has 2 aromatic heterocycles. The summed E-state index contributed by atoms with van der Waals surface area (Å²) >= 11 is 0. The van der Waals surface area contributed by atoms with Crippen LogP contribution in [0, 0.1) is 0 Å². The summed E-state index contributed by atoms with van der Waals surface area (Å²) in [6.45, 7) is 0. The molecule has 0 amide bonds. The van der Waals surface area contributed by atoms with Crippen LogP contribution >= 0.6 is 0 Å². The molecule has 9 aromatic rings. The molecule has 4 nitrogen and oxygen atoms in total. The molecule has 7 aromatic carbocycles. The summed E-state index contributed by atoms with van der Waals surface area (Å²) < 4.78 is 2.51. The topological polar surface area (TPSA) is 27.2 Å². The van der Waals surface area contributed by atoms with Crippen molar-refractivity contribution in [2.24, 2.45) is 0 Å². The zero-order valence-corrected chi connectivity index (χ0v) is 28.5. The lowest BCUT2D eigenvalue weighted by Crippen LogP contribution is -2.24. The Hall–Kier alpha value is -6.78. The van der Waals surface area contributed by atoms with Gasteiger partial charge in [-0.15, -0.1) is 0 Å². The Morgan fingerprint density at radius 2 is 1.02 bits per heavy atom. The largest absolute Gasteiger partial charge is 0.354 e. The Balaban J connectivity index is 1.25. The van der Waals surface area contributed by atoms with Gasteiger partial charge < -0.3 is 19.4 Å². The molecule has 0 radical (unpaired) electrons. The van der Waals surface area contributed by atoms with E-state index in [0.717, 1.165) is 46.6 Å². The molecule has 4 heteroatoms. The molecule has 1 aliphatic carbocycles. The van der Waals surface area contributed by atoms with Crippen molar-refractivity contribution in [1.82, 2.24) is 9.55 Å². The van der Waals surface area contributed by atoms with Crippen LogP contribution in [0.5, 0.6) is 0 Å². The van der Waals surface area contributed by atoms with E-state index in [0.29, 0.717) is 0 Å². The van der Waals surface area contributed by atoms with Gasteiger partial charge in [0.25, 0.3) is 0 Å². The number of aromatic amines is 1. The van der Waals surface area contributed by atoms with Gasteiger partial charge in [-0.25, -0.2) is 0 Å². The van der Waals surface area contributed by atoms with E-state index in [2.05, 4.69) is 195 Å². The summed E-state index contributed by atoms with van der Waals surface area (Å²) in [6.07, 6.45) is 6.63. The summed E-state index contributed by atoms with van der Waals surface area (Å²) in [7, 11) is 0. The molecule has 0 saturated carbocycles. The third kappa shape index (κ3) is 4.21. The third-order valence-corrected chi connectivity index (χ3v) is 10.9. The number of nitrogens with one attached hydrogen (secondary N) is 1. The maximum Gasteiger partial charge on any atom is 0.0804 e. The maximum atomic E-state index is 3.73. The predicted molar refractivity (Wildman–Crippen MR) is 220 cm³/mol. The van der Waals surface area contributed by atoms with Crippen LogP contribution in [0.3, 0.4) is 0 Å². The first-order chi connectivity index (χ1) is 25.8. The van der Waals surface area contributed by atoms with Gasteiger partial charge >= 0.3 is 0 Å². The highest BCUT2D eigenvalue weighted by Gasteiger charge is 2.36. The van der Waals surface area contributed by atoms with Crippen LogP contribution < -0.4 is 9.80 Å². The van der Waals surface area contributed by atoms with Crippen LogP contribution in [0.2, 0.25) is 0 Å². The molecule has 11 rings (SSSR count). The molecule has 0 atom stereocenters. The first kappa shape index (κ1) is 29.0. The number of allylic oxidation sites excluding steroid dienone is 4. The second-order valence-electron chi connectivity index (χ2n) is 13.8. The van der Waals surface area contributed by atoms with Crippen molar-refractivity contribution in [2.45, 2.75) is 12.8 Å². The average Bonchev–Trinajstić information content (AvgIpc) is 3.77. The Kier molecular flexibility index (Phi) is 6.34. The molecule has 52 heavy (non-hydrogen) atoms. The van der Waals surface area contributed by atoms with E-state index in [4.69, 9.17) is 0 Å². The molecule has 2 aliphatic rings. The van der Waals surface area contributed by atoms with E-state index < -0.39 is 0 Å². The molecular formula is C48H34N4. The molecule has 1 N–H and O–H groups in total. The Morgan fingerprint density at radius 1 is 0.423 bits per heavy atom. The zero-order valence-electron chi connectivity index (χ0n) is 28.5.